The molecule has 1 saturated carbocycles. The summed E-state index contributed by atoms with van der Waals surface area (Å²) in [6, 6.07) is 2.41. The minimum Gasteiger partial charge on any atom is -0.352 e. The van der Waals surface area contributed by atoms with Crippen LogP contribution in [0.3, 0.4) is 0 Å². The van der Waals surface area contributed by atoms with E-state index in [2.05, 4.69) is 17.3 Å². The van der Waals surface area contributed by atoms with Crippen LogP contribution in [0.4, 0.5) is 0 Å². The Morgan fingerprint density at radius 2 is 2.20 bits per heavy atom. The Morgan fingerprint density at radius 3 is 2.90 bits per heavy atom. The molecule has 0 radical (unpaired) electrons. The summed E-state index contributed by atoms with van der Waals surface area (Å²) in [6.07, 6.45) is 7.89. The van der Waals surface area contributed by atoms with Crippen molar-refractivity contribution in [3.63, 3.8) is 0 Å². The second-order valence-electron chi connectivity index (χ2n) is 5.71. The van der Waals surface area contributed by atoms with E-state index in [-0.39, 0.29) is 5.91 Å². The average molecular weight is 278 g/mol. The fourth-order valence-corrected chi connectivity index (χ4v) is 2.88. The van der Waals surface area contributed by atoms with Crippen molar-refractivity contribution in [1.82, 2.24) is 20.0 Å². The van der Waals surface area contributed by atoms with Crippen molar-refractivity contribution in [3.05, 3.63) is 18.0 Å². The fourth-order valence-electron chi connectivity index (χ4n) is 2.88. The number of nitrogens with one attached hydrogen (secondary N) is 1. The first kappa shape index (κ1) is 15.0. The standard InChI is InChI=1S/C15H26N4O/c1-3-19-14(9-10-16-19)11-18(2)12-15(20)17-13-7-5-4-6-8-13/h9-10,13H,3-8,11-12H2,1-2H3,(H,17,20). The molecular formula is C15H26N4O. The second-order valence-corrected chi connectivity index (χ2v) is 5.71. The molecule has 1 aliphatic carbocycles. The molecule has 112 valence electrons. The molecule has 0 atom stereocenters. The van der Waals surface area contributed by atoms with Gasteiger partial charge in [0.05, 0.1) is 12.2 Å². The van der Waals surface area contributed by atoms with Gasteiger partial charge < -0.3 is 5.32 Å². The number of likely N-dealkylation sites (N-methyl/N-ethyl adjacent to an activating group) is 1. The smallest absolute Gasteiger partial charge is 0.234 e. The predicted octanol–water partition coefficient (Wildman–Crippen LogP) is 1.78. The van der Waals surface area contributed by atoms with Gasteiger partial charge in [0.1, 0.15) is 0 Å². The van der Waals surface area contributed by atoms with Crippen molar-refractivity contribution in [2.24, 2.45) is 0 Å². The van der Waals surface area contributed by atoms with Gasteiger partial charge in [0.25, 0.3) is 0 Å². The third-order valence-electron chi connectivity index (χ3n) is 3.92. The number of hydrogen-bond donors (Lipinski definition) is 1. The minimum absolute atomic E-state index is 0.141. The Balaban J connectivity index is 1.75. The van der Waals surface area contributed by atoms with Crippen molar-refractivity contribution in [2.75, 3.05) is 13.6 Å². The van der Waals surface area contributed by atoms with Crippen LogP contribution in [0.2, 0.25) is 0 Å². The van der Waals surface area contributed by atoms with Crippen LogP contribution in [0.1, 0.15) is 44.7 Å². The molecule has 0 aliphatic heterocycles. The van der Waals surface area contributed by atoms with Gasteiger partial charge in [-0.15, -0.1) is 0 Å². The first-order valence-corrected chi connectivity index (χ1v) is 7.67. The number of aryl methyl sites for hydroxylation is 1. The van der Waals surface area contributed by atoms with Crippen molar-refractivity contribution in [2.45, 2.75) is 58.2 Å². The van der Waals surface area contributed by atoms with Crippen LogP contribution in [-0.4, -0.2) is 40.2 Å². The second kappa shape index (κ2) is 7.43. The van der Waals surface area contributed by atoms with Crippen molar-refractivity contribution in [1.29, 1.82) is 0 Å². The van der Waals surface area contributed by atoms with E-state index in [1.165, 1.54) is 19.3 Å². The van der Waals surface area contributed by atoms with Gasteiger partial charge >= 0.3 is 0 Å². The van der Waals surface area contributed by atoms with Gasteiger partial charge in [-0.25, -0.2) is 0 Å². The van der Waals surface area contributed by atoms with E-state index >= 15 is 0 Å². The van der Waals surface area contributed by atoms with Gasteiger partial charge in [-0.05, 0) is 32.9 Å². The molecule has 1 fully saturated rings. The maximum atomic E-state index is 12.0. The number of carbonyl (C=O) groups is 1. The van der Waals surface area contributed by atoms with Crippen LogP contribution in [0, 0.1) is 0 Å². The van der Waals surface area contributed by atoms with Crippen LogP contribution < -0.4 is 5.32 Å². The Hall–Kier alpha value is -1.36. The Kier molecular flexibility index (Phi) is 5.59. The van der Waals surface area contributed by atoms with Crippen molar-refractivity contribution < 1.29 is 4.79 Å². The van der Waals surface area contributed by atoms with Gasteiger partial charge in [-0.2, -0.15) is 5.10 Å². The van der Waals surface area contributed by atoms with Gasteiger partial charge in [0, 0.05) is 25.3 Å². The molecule has 1 amide bonds. The van der Waals surface area contributed by atoms with E-state index in [1.807, 2.05) is 28.9 Å². The molecule has 1 aliphatic rings. The first-order valence-electron chi connectivity index (χ1n) is 7.67. The minimum atomic E-state index is 0.141. The highest BCUT2D eigenvalue weighted by Crippen LogP contribution is 2.17. The highest BCUT2D eigenvalue weighted by molar-refractivity contribution is 5.78. The van der Waals surface area contributed by atoms with E-state index in [1.54, 1.807) is 0 Å². The first-order chi connectivity index (χ1) is 9.69. The van der Waals surface area contributed by atoms with E-state index in [0.29, 0.717) is 12.6 Å². The lowest BCUT2D eigenvalue weighted by molar-refractivity contribution is -0.123. The van der Waals surface area contributed by atoms with E-state index in [0.717, 1.165) is 31.6 Å². The largest absolute Gasteiger partial charge is 0.352 e. The van der Waals surface area contributed by atoms with Gasteiger partial charge in [0.15, 0.2) is 0 Å². The highest BCUT2D eigenvalue weighted by Gasteiger charge is 2.16. The molecule has 0 aromatic carbocycles. The van der Waals surface area contributed by atoms with Crippen molar-refractivity contribution >= 4 is 5.91 Å². The summed E-state index contributed by atoms with van der Waals surface area (Å²) in [5.41, 5.74) is 1.15. The average Bonchev–Trinajstić information content (AvgIpc) is 2.86. The maximum absolute atomic E-state index is 12.0. The van der Waals surface area contributed by atoms with Gasteiger partial charge in [-0.1, -0.05) is 19.3 Å². The van der Waals surface area contributed by atoms with Crippen LogP contribution in [0.5, 0.6) is 0 Å². The zero-order chi connectivity index (χ0) is 14.4. The summed E-state index contributed by atoms with van der Waals surface area (Å²) >= 11 is 0. The molecule has 0 spiro atoms. The normalized spacial score (nSPS) is 16.6. The zero-order valence-corrected chi connectivity index (χ0v) is 12.6. The number of amides is 1. The Labute approximate surface area is 121 Å². The van der Waals surface area contributed by atoms with Crippen LogP contribution in [-0.2, 0) is 17.9 Å². The monoisotopic (exact) mass is 278 g/mol. The molecule has 0 bridgehead atoms. The summed E-state index contributed by atoms with van der Waals surface area (Å²) in [5.74, 6) is 0.141. The lowest BCUT2D eigenvalue weighted by Gasteiger charge is -2.24. The molecular weight excluding hydrogens is 252 g/mol. The van der Waals surface area contributed by atoms with E-state index in [9.17, 15) is 4.79 Å². The number of aromatic nitrogens is 2. The zero-order valence-electron chi connectivity index (χ0n) is 12.6. The summed E-state index contributed by atoms with van der Waals surface area (Å²) in [6.45, 7) is 4.15. The van der Waals surface area contributed by atoms with E-state index < -0.39 is 0 Å². The fraction of sp³-hybridized carbons (Fsp3) is 0.733. The third kappa shape index (κ3) is 4.34. The molecule has 1 heterocycles. The lowest BCUT2D eigenvalue weighted by Crippen LogP contribution is -2.41. The Morgan fingerprint density at radius 1 is 1.45 bits per heavy atom. The summed E-state index contributed by atoms with van der Waals surface area (Å²) in [4.78, 5) is 14.1. The number of nitrogens with zero attached hydrogens (tertiary/aromatic N) is 3. The summed E-state index contributed by atoms with van der Waals surface area (Å²) in [7, 11) is 1.98. The SMILES string of the molecule is CCn1nccc1CN(C)CC(=O)NC1CCCCC1. The molecule has 1 aromatic heterocycles. The van der Waals surface area contributed by atoms with Gasteiger partial charge in [-0.3, -0.25) is 14.4 Å². The van der Waals surface area contributed by atoms with Crippen molar-refractivity contribution in [3.8, 4) is 0 Å². The molecule has 5 nitrogen and oxygen atoms in total. The van der Waals surface area contributed by atoms with Crippen LogP contribution in [0.15, 0.2) is 12.3 Å². The quantitative estimate of drug-likeness (QED) is 0.863. The Bertz CT molecular complexity index is 423. The maximum Gasteiger partial charge on any atom is 0.234 e. The highest BCUT2D eigenvalue weighted by atomic mass is 16.2. The molecule has 0 unspecified atom stereocenters. The molecule has 5 heteroatoms. The summed E-state index contributed by atoms with van der Waals surface area (Å²) in [5, 5.41) is 7.40. The topological polar surface area (TPSA) is 50.2 Å². The number of hydrogen-bond acceptors (Lipinski definition) is 3. The summed E-state index contributed by atoms with van der Waals surface area (Å²) < 4.78 is 1.97. The molecule has 20 heavy (non-hydrogen) atoms. The lowest BCUT2D eigenvalue weighted by atomic mass is 9.95. The third-order valence-corrected chi connectivity index (χ3v) is 3.92. The predicted molar refractivity (Wildman–Crippen MR) is 79.3 cm³/mol. The number of carbonyl (C=O) groups excluding carboxylic acids is 1. The van der Waals surface area contributed by atoms with Crippen LogP contribution >= 0.6 is 0 Å². The van der Waals surface area contributed by atoms with E-state index in [4.69, 9.17) is 0 Å². The van der Waals surface area contributed by atoms with Crippen LogP contribution in [0.25, 0.3) is 0 Å². The molecule has 0 saturated heterocycles. The number of rotatable bonds is 6. The van der Waals surface area contributed by atoms with Gasteiger partial charge in [0.2, 0.25) is 5.91 Å². The molecule has 1 N–H and O–H groups in total. The molecule has 1 aromatic rings. The molecule has 2 rings (SSSR count).